The lowest BCUT2D eigenvalue weighted by Gasteiger charge is -2.08. The molecule has 7 heteroatoms. The Morgan fingerprint density at radius 2 is 2.00 bits per heavy atom. The van der Waals surface area contributed by atoms with Gasteiger partial charge in [-0.1, -0.05) is 18.5 Å². The van der Waals surface area contributed by atoms with Crippen LogP contribution in [0.2, 0.25) is 5.02 Å². The fourth-order valence-corrected chi connectivity index (χ4v) is 4.52. The fraction of sp³-hybridized carbons (Fsp3) is 0.300. The van der Waals surface area contributed by atoms with Gasteiger partial charge < -0.3 is 9.30 Å². The number of esters is 1. The second kappa shape index (κ2) is 7.82. The third-order valence-electron chi connectivity index (χ3n) is 4.43. The Hall–Kier alpha value is -2.18. The van der Waals surface area contributed by atoms with E-state index in [9.17, 15) is 14.0 Å². The minimum atomic E-state index is -0.683. The van der Waals surface area contributed by atoms with Crippen molar-refractivity contribution in [3.05, 3.63) is 56.9 Å². The molecule has 1 aromatic carbocycles. The Morgan fingerprint density at radius 3 is 2.70 bits per heavy atom. The molecule has 4 nitrogen and oxygen atoms in total. The van der Waals surface area contributed by atoms with Crippen LogP contribution in [-0.4, -0.2) is 22.9 Å². The van der Waals surface area contributed by atoms with Crippen molar-refractivity contribution in [3.8, 4) is 0 Å². The van der Waals surface area contributed by atoms with E-state index < -0.39 is 11.8 Å². The molecule has 0 atom stereocenters. The molecule has 0 aliphatic carbocycles. The highest BCUT2D eigenvalue weighted by Crippen LogP contribution is 2.36. The van der Waals surface area contributed by atoms with Crippen LogP contribution in [0.4, 0.5) is 4.39 Å². The van der Waals surface area contributed by atoms with Crippen LogP contribution in [0.3, 0.4) is 0 Å². The predicted molar refractivity (Wildman–Crippen MR) is 106 cm³/mol. The summed E-state index contributed by atoms with van der Waals surface area (Å²) in [4.78, 5) is 25.0. The lowest BCUT2D eigenvalue weighted by Crippen LogP contribution is -2.14. The van der Waals surface area contributed by atoms with Crippen LogP contribution in [0.1, 0.15) is 44.8 Å². The molecule has 0 aliphatic heterocycles. The smallest absolute Gasteiger partial charge is 0.350 e. The number of thiophene rings is 1. The topological polar surface area (TPSA) is 48.3 Å². The average molecular weight is 408 g/mol. The highest BCUT2D eigenvalue weighted by atomic mass is 35.5. The molecule has 0 radical (unpaired) electrons. The molecular weight excluding hydrogens is 389 g/mol. The summed E-state index contributed by atoms with van der Waals surface area (Å²) in [5, 5.41) is 0.804. The van der Waals surface area contributed by atoms with Gasteiger partial charge in [-0.3, -0.25) is 4.79 Å². The minimum absolute atomic E-state index is 0.168. The summed E-state index contributed by atoms with van der Waals surface area (Å²) in [5.41, 5.74) is 2.42. The maximum absolute atomic E-state index is 13.3. The van der Waals surface area contributed by atoms with Crippen molar-refractivity contribution in [2.45, 2.75) is 33.7 Å². The number of rotatable bonds is 6. The molecule has 0 saturated carbocycles. The maximum atomic E-state index is 13.3. The first-order chi connectivity index (χ1) is 12.8. The highest BCUT2D eigenvalue weighted by Gasteiger charge is 2.21. The van der Waals surface area contributed by atoms with Crippen molar-refractivity contribution < 1.29 is 18.7 Å². The van der Waals surface area contributed by atoms with Crippen molar-refractivity contribution in [2.75, 3.05) is 6.61 Å². The summed E-state index contributed by atoms with van der Waals surface area (Å²) in [6.45, 7) is 6.37. The molecule has 0 amide bonds. The number of aryl methyl sites for hydroxylation is 1. The molecule has 0 fully saturated rings. The summed E-state index contributed by atoms with van der Waals surface area (Å²) < 4.78 is 21.2. The van der Waals surface area contributed by atoms with Gasteiger partial charge in [-0.05, 0) is 44.5 Å². The van der Waals surface area contributed by atoms with Crippen LogP contribution in [0, 0.1) is 19.7 Å². The van der Waals surface area contributed by atoms with Crippen LogP contribution >= 0.6 is 22.9 Å². The largest absolute Gasteiger partial charge is 0.453 e. The molecule has 27 heavy (non-hydrogen) atoms. The van der Waals surface area contributed by atoms with Gasteiger partial charge in [0.1, 0.15) is 10.7 Å². The number of ether oxygens (including phenoxy) is 1. The standard InChI is InChI=1S/C20H19ClFNO3S/c1-4-7-23-11(2)8-15(12(23)3)16(24)10-26-20(25)19-18(21)14-6-5-13(22)9-17(14)27-19/h5-6,8-9H,4,7,10H2,1-3H3. The van der Waals surface area contributed by atoms with E-state index in [-0.39, 0.29) is 22.3 Å². The normalized spacial score (nSPS) is 11.1. The maximum Gasteiger partial charge on any atom is 0.350 e. The number of nitrogens with zero attached hydrogens (tertiary/aromatic N) is 1. The quantitative estimate of drug-likeness (QED) is 0.397. The Kier molecular flexibility index (Phi) is 5.67. The number of fused-ring (bicyclic) bond motifs is 1. The number of aromatic nitrogens is 1. The summed E-state index contributed by atoms with van der Waals surface area (Å²) in [5.74, 6) is -1.35. The van der Waals surface area contributed by atoms with Gasteiger partial charge >= 0.3 is 5.97 Å². The van der Waals surface area contributed by atoms with Gasteiger partial charge in [0.05, 0.1) is 5.02 Å². The van der Waals surface area contributed by atoms with Gasteiger partial charge in [0, 0.05) is 33.6 Å². The molecule has 0 spiro atoms. The zero-order valence-electron chi connectivity index (χ0n) is 15.3. The van der Waals surface area contributed by atoms with Gasteiger partial charge in [-0.25, -0.2) is 9.18 Å². The molecule has 0 N–H and O–H groups in total. The summed E-state index contributed by atoms with van der Waals surface area (Å²) in [6, 6.07) is 5.94. The summed E-state index contributed by atoms with van der Waals surface area (Å²) in [6.07, 6.45) is 0.962. The number of hydrogen-bond donors (Lipinski definition) is 0. The molecule has 3 rings (SSSR count). The SMILES string of the molecule is CCCn1c(C)cc(C(=O)COC(=O)c2sc3cc(F)ccc3c2Cl)c1C. The Labute approximate surface area is 165 Å². The number of halogens is 2. The van der Waals surface area contributed by atoms with Gasteiger partial charge in [-0.2, -0.15) is 0 Å². The second-order valence-corrected chi connectivity index (χ2v) is 7.75. The molecule has 142 valence electrons. The lowest BCUT2D eigenvalue weighted by atomic mass is 10.1. The number of ketones is 1. The van der Waals surface area contributed by atoms with Gasteiger partial charge in [0.25, 0.3) is 0 Å². The third-order valence-corrected chi connectivity index (χ3v) is 6.07. The Balaban J connectivity index is 1.75. The molecule has 3 aromatic rings. The lowest BCUT2D eigenvalue weighted by molar-refractivity contribution is 0.0479. The first kappa shape index (κ1) is 19.6. The molecule has 0 bridgehead atoms. The van der Waals surface area contributed by atoms with Crippen LogP contribution in [0.5, 0.6) is 0 Å². The van der Waals surface area contributed by atoms with E-state index in [2.05, 4.69) is 11.5 Å². The van der Waals surface area contributed by atoms with Crippen LogP contribution in [0.15, 0.2) is 24.3 Å². The highest BCUT2D eigenvalue weighted by molar-refractivity contribution is 7.21. The van der Waals surface area contributed by atoms with E-state index >= 15 is 0 Å². The fourth-order valence-electron chi connectivity index (χ4n) is 3.10. The number of carbonyl (C=O) groups is 2. The van der Waals surface area contributed by atoms with Crippen LogP contribution in [0.25, 0.3) is 10.1 Å². The summed E-state index contributed by atoms with van der Waals surface area (Å²) >= 11 is 7.27. The zero-order valence-corrected chi connectivity index (χ0v) is 16.8. The Bertz CT molecular complexity index is 1040. The van der Waals surface area contributed by atoms with Crippen molar-refractivity contribution in [1.82, 2.24) is 4.57 Å². The zero-order chi connectivity index (χ0) is 19.7. The van der Waals surface area contributed by atoms with Crippen molar-refractivity contribution >= 4 is 44.8 Å². The van der Waals surface area contributed by atoms with E-state index in [1.165, 1.54) is 18.2 Å². The van der Waals surface area contributed by atoms with E-state index in [0.29, 0.717) is 15.6 Å². The first-order valence-corrected chi connectivity index (χ1v) is 9.77. The number of carbonyl (C=O) groups excluding carboxylic acids is 2. The average Bonchev–Trinajstić information content (AvgIpc) is 3.10. The number of benzene rings is 1. The first-order valence-electron chi connectivity index (χ1n) is 8.58. The van der Waals surface area contributed by atoms with Crippen molar-refractivity contribution in [3.63, 3.8) is 0 Å². The third kappa shape index (κ3) is 3.77. The Morgan fingerprint density at radius 1 is 1.26 bits per heavy atom. The van der Waals surface area contributed by atoms with Gasteiger partial charge in [-0.15, -0.1) is 11.3 Å². The molecule has 0 unspecified atom stereocenters. The van der Waals surface area contributed by atoms with Crippen LogP contribution < -0.4 is 0 Å². The van der Waals surface area contributed by atoms with Crippen molar-refractivity contribution in [1.29, 1.82) is 0 Å². The number of hydrogen-bond acceptors (Lipinski definition) is 4. The molecule has 0 saturated heterocycles. The van der Waals surface area contributed by atoms with Crippen molar-refractivity contribution in [2.24, 2.45) is 0 Å². The van der Waals surface area contributed by atoms with E-state index in [1.54, 1.807) is 0 Å². The van der Waals surface area contributed by atoms with E-state index in [4.69, 9.17) is 16.3 Å². The van der Waals surface area contributed by atoms with E-state index in [1.807, 2.05) is 19.9 Å². The molecule has 2 heterocycles. The van der Waals surface area contributed by atoms with Gasteiger partial charge in [0.2, 0.25) is 5.78 Å². The molecule has 0 aliphatic rings. The summed E-state index contributed by atoms with van der Waals surface area (Å²) in [7, 11) is 0. The monoisotopic (exact) mass is 407 g/mol. The minimum Gasteiger partial charge on any atom is -0.453 e. The van der Waals surface area contributed by atoms with Crippen LogP contribution in [-0.2, 0) is 11.3 Å². The molecule has 2 aromatic heterocycles. The molecular formula is C20H19ClFNO3S. The predicted octanol–water partition coefficient (Wildman–Crippen LogP) is 5.56. The van der Waals surface area contributed by atoms with Gasteiger partial charge in [0.15, 0.2) is 6.61 Å². The number of Topliss-reactive ketones (excluding diaryl/α,β-unsaturated/α-hetero) is 1. The van der Waals surface area contributed by atoms with E-state index in [0.717, 1.165) is 35.7 Å². The second-order valence-electron chi connectivity index (χ2n) is 6.32.